The maximum atomic E-state index is 14.1. The number of aliphatic hydroxyl groups is 1. The van der Waals surface area contributed by atoms with Crippen LogP contribution in [0.1, 0.15) is 92.9 Å². The third-order valence-corrected chi connectivity index (χ3v) is 10.3. The van der Waals surface area contributed by atoms with Crippen molar-refractivity contribution in [2.45, 2.75) is 135 Å². The lowest BCUT2D eigenvalue weighted by molar-refractivity contribution is -0.136. The van der Waals surface area contributed by atoms with Gasteiger partial charge in [-0.3, -0.25) is 43.5 Å². The Morgan fingerprint density at radius 1 is 0.567 bits per heavy atom. The molecule has 8 atom stereocenters. The number of amides is 7. The number of hydrogen-bond donors (Lipinski definition) is 12. The number of aliphatic imine (C=N–C) groups is 2. The topological polar surface area (TPSA) is 353 Å². The van der Waals surface area contributed by atoms with Gasteiger partial charge < -0.3 is 65.3 Å². The van der Waals surface area contributed by atoms with E-state index >= 15 is 0 Å². The van der Waals surface area contributed by atoms with Crippen LogP contribution in [0.25, 0.3) is 0 Å². The Balaban J connectivity index is 3.92. The molecule has 1 fully saturated rings. The second-order valence-electron chi connectivity index (χ2n) is 15.9. The number of aliphatic hydroxyl groups excluding tert-OH is 1. The van der Waals surface area contributed by atoms with Crippen molar-refractivity contribution in [2.24, 2.45) is 50.7 Å². The first kappa shape index (κ1) is 53.2. The zero-order chi connectivity index (χ0) is 45.5. The molecule has 0 unspecified atom stereocenters. The van der Waals surface area contributed by atoms with Crippen molar-refractivity contribution in [1.29, 1.82) is 0 Å². The lowest BCUT2D eigenvalue weighted by Crippen LogP contribution is -2.61. The third kappa shape index (κ3) is 19.9. The average molecular weight is 870 g/mol. The molecule has 0 aromatic heterocycles. The van der Waals surface area contributed by atoms with E-state index in [9.17, 15) is 38.7 Å². The standard InChI is InChI=1S/C38H71N13O8S/c1-8-22(6)29-36(59)49-27(18-21(4)5)34(57)48-26(17-20(2)3)33(56)46-23(11-9-14-43-37(39)40)30(53)47-25(13-16-60-7)32(55)45-24(12-10-15-44-38(41)42)31(54)50-28(19-52)35(58)51-29/h20-29,52H,8-19H2,1-7H3,(H,45,55)(H,46,56)(H,47,53)(H,48,57)(H,49,59)(H,50,54)(H,51,58)(H4,39,40,43)(H4,41,42,44)/t22-,23-,24-,25-,26-,27-,28-,29-/m0/s1. The minimum Gasteiger partial charge on any atom is -0.394 e. The minimum absolute atomic E-state index is 0.0196. The molecule has 342 valence electrons. The van der Waals surface area contributed by atoms with E-state index < -0.39 is 96.2 Å². The van der Waals surface area contributed by atoms with E-state index in [0.717, 1.165) is 0 Å². The number of guanidine groups is 2. The van der Waals surface area contributed by atoms with E-state index in [1.807, 2.05) is 34.0 Å². The summed E-state index contributed by atoms with van der Waals surface area (Å²) in [4.78, 5) is 105. The van der Waals surface area contributed by atoms with Crippen LogP contribution in [0.15, 0.2) is 9.98 Å². The van der Waals surface area contributed by atoms with Crippen LogP contribution in [0.5, 0.6) is 0 Å². The van der Waals surface area contributed by atoms with Gasteiger partial charge in [0.2, 0.25) is 41.4 Å². The largest absolute Gasteiger partial charge is 0.394 e. The summed E-state index contributed by atoms with van der Waals surface area (Å²) >= 11 is 1.41. The van der Waals surface area contributed by atoms with Gasteiger partial charge >= 0.3 is 0 Å². The number of nitrogens with two attached hydrogens (primary N) is 4. The molecule has 0 aliphatic carbocycles. The highest BCUT2D eigenvalue weighted by Gasteiger charge is 2.36. The van der Waals surface area contributed by atoms with Gasteiger partial charge in [-0.15, -0.1) is 0 Å². The summed E-state index contributed by atoms with van der Waals surface area (Å²) < 4.78 is 0. The molecule has 0 aromatic carbocycles. The van der Waals surface area contributed by atoms with Crippen LogP contribution in [0.2, 0.25) is 0 Å². The molecule has 22 heteroatoms. The fraction of sp³-hybridized carbons (Fsp3) is 0.763. The molecule has 1 aliphatic heterocycles. The lowest BCUT2D eigenvalue weighted by atomic mass is 9.96. The highest BCUT2D eigenvalue weighted by atomic mass is 32.2. The summed E-state index contributed by atoms with van der Waals surface area (Å²) in [5.74, 6) is -5.83. The molecule has 16 N–H and O–H groups in total. The van der Waals surface area contributed by atoms with Crippen molar-refractivity contribution in [1.82, 2.24) is 37.2 Å². The number of carbonyl (C=O) groups excluding carboxylic acids is 7. The van der Waals surface area contributed by atoms with Gasteiger partial charge in [-0.05, 0) is 74.7 Å². The lowest BCUT2D eigenvalue weighted by Gasteiger charge is -2.30. The number of hydrogen-bond acceptors (Lipinski definition) is 11. The molecule has 60 heavy (non-hydrogen) atoms. The number of nitrogens with one attached hydrogen (secondary N) is 7. The molecule has 1 heterocycles. The molecule has 0 bridgehead atoms. The minimum atomic E-state index is -1.56. The van der Waals surface area contributed by atoms with Crippen molar-refractivity contribution in [2.75, 3.05) is 31.7 Å². The van der Waals surface area contributed by atoms with Crippen molar-refractivity contribution in [3.05, 3.63) is 0 Å². The highest BCUT2D eigenvalue weighted by molar-refractivity contribution is 7.98. The molecule has 1 rings (SSSR count). The van der Waals surface area contributed by atoms with Gasteiger partial charge in [0.05, 0.1) is 6.61 Å². The molecule has 0 spiro atoms. The third-order valence-electron chi connectivity index (χ3n) is 9.69. The summed E-state index contributed by atoms with van der Waals surface area (Å²) in [6, 6.07) is -8.77. The summed E-state index contributed by atoms with van der Waals surface area (Å²) in [6.07, 6.45) is 3.16. The smallest absolute Gasteiger partial charge is 0.245 e. The number of thioether (sulfide) groups is 1. The molecular weight excluding hydrogens is 799 g/mol. The first-order chi connectivity index (χ1) is 28.2. The monoisotopic (exact) mass is 870 g/mol. The fourth-order valence-electron chi connectivity index (χ4n) is 6.23. The molecule has 0 saturated carbocycles. The maximum absolute atomic E-state index is 14.1. The van der Waals surface area contributed by atoms with E-state index in [4.69, 9.17) is 22.9 Å². The van der Waals surface area contributed by atoms with Crippen LogP contribution in [-0.4, -0.2) is 132 Å². The van der Waals surface area contributed by atoms with Crippen molar-refractivity contribution in [3.63, 3.8) is 0 Å². The van der Waals surface area contributed by atoms with Gasteiger partial charge in [-0.1, -0.05) is 48.0 Å². The number of nitrogens with zero attached hydrogens (tertiary/aromatic N) is 2. The fourth-order valence-corrected chi connectivity index (χ4v) is 6.70. The number of rotatable bonds is 18. The Bertz CT molecular complexity index is 1490. The quantitative estimate of drug-likeness (QED) is 0.0382. The van der Waals surface area contributed by atoms with E-state index in [2.05, 4.69) is 47.2 Å². The predicted molar refractivity (Wildman–Crippen MR) is 232 cm³/mol. The molecule has 0 aromatic rings. The van der Waals surface area contributed by atoms with E-state index in [1.54, 1.807) is 13.8 Å². The molecule has 21 nitrogen and oxygen atoms in total. The first-order valence-corrected chi connectivity index (χ1v) is 22.0. The maximum Gasteiger partial charge on any atom is 0.245 e. The Morgan fingerprint density at radius 3 is 1.28 bits per heavy atom. The van der Waals surface area contributed by atoms with E-state index in [1.165, 1.54) is 11.8 Å². The Kier molecular flexibility index (Phi) is 24.6. The summed E-state index contributed by atoms with van der Waals surface area (Å²) in [5, 5.41) is 29.1. The Hall–Kier alpha value is -4.86. The first-order valence-electron chi connectivity index (χ1n) is 20.6. The van der Waals surface area contributed by atoms with Crippen LogP contribution in [0.3, 0.4) is 0 Å². The van der Waals surface area contributed by atoms with Crippen LogP contribution < -0.4 is 60.2 Å². The van der Waals surface area contributed by atoms with Gasteiger partial charge in [0.15, 0.2) is 11.9 Å². The van der Waals surface area contributed by atoms with Gasteiger partial charge in [-0.2, -0.15) is 11.8 Å². The molecule has 1 aliphatic rings. The SMILES string of the molecule is CC[C@H](C)[C@@H]1NC(=O)[C@H](CO)NC(=O)[C@H](CCCN=C(N)N)NC(=O)[C@H](CCSC)NC(=O)[C@H](CCCN=C(N)N)NC(=O)[C@H](CC(C)C)NC(=O)[C@H](CC(C)C)NC1=O. The molecule has 1 saturated heterocycles. The predicted octanol–water partition coefficient (Wildman–Crippen LogP) is -2.62. The highest BCUT2D eigenvalue weighted by Crippen LogP contribution is 2.14. The normalized spacial score (nSPS) is 24.7. The summed E-state index contributed by atoms with van der Waals surface area (Å²) in [6.45, 7) is 10.3. The Morgan fingerprint density at radius 2 is 0.917 bits per heavy atom. The molecular formula is C38H71N13O8S. The zero-order valence-corrected chi connectivity index (χ0v) is 37.0. The Labute approximate surface area is 357 Å². The van der Waals surface area contributed by atoms with Crippen molar-refractivity contribution < 1.29 is 38.7 Å². The van der Waals surface area contributed by atoms with Gasteiger partial charge in [-0.25, -0.2) is 0 Å². The second-order valence-corrected chi connectivity index (χ2v) is 16.8. The molecule has 7 amide bonds. The zero-order valence-electron chi connectivity index (χ0n) is 36.2. The average Bonchev–Trinajstić information content (AvgIpc) is 3.17. The van der Waals surface area contributed by atoms with Gasteiger partial charge in [0, 0.05) is 13.1 Å². The molecule has 0 radical (unpaired) electrons. The van der Waals surface area contributed by atoms with Crippen LogP contribution in [0, 0.1) is 17.8 Å². The second kappa shape index (κ2) is 27.8. The van der Waals surface area contributed by atoms with Crippen LogP contribution >= 0.6 is 11.8 Å². The van der Waals surface area contributed by atoms with E-state index in [-0.39, 0.29) is 81.8 Å². The summed E-state index contributed by atoms with van der Waals surface area (Å²) in [5.41, 5.74) is 21.9. The van der Waals surface area contributed by atoms with Crippen LogP contribution in [0.4, 0.5) is 0 Å². The van der Waals surface area contributed by atoms with Crippen molar-refractivity contribution in [3.8, 4) is 0 Å². The summed E-state index contributed by atoms with van der Waals surface area (Å²) in [7, 11) is 0. The number of carbonyl (C=O) groups is 7. The van der Waals surface area contributed by atoms with Crippen molar-refractivity contribution >= 4 is 65.0 Å². The van der Waals surface area contributed by atoms with Crippen LogP contribution in [-0.2, 0) is 33.6 Å². The van der Waals surface area contributed by atoms with E-state index in [0.29, 0.717) is 12.2 Å². The van der Waals surface area contributed by atoms with Gasteiger partial charge in [0.25, 0.3) is 0 Å². The van der Waals surface area contributed by atoms with Gasteiger partial charge in [0.1, 0.15) is 42.3 Å².